The lowest BCUT2D eigenvalue weighted by Gasteiger charge is -2.12. The monoisotopic (exact) mass is 353 g/mol. The lowest BCUT2D eigenvalue weighted by Crippen LogP contribution is -2.19. The van der Waals surface area contributed by atoms with Gasteiger partial charge < -0.3 is 4.74 Å². The van der Waals surface area contributed by atoms with E-state index in [-0.39, 0.29) is 17.0 Å². The number of alkyl halides is 6. The third-order valence-corrected chi connectivity index (χ3v) is 2.85. The molecule has 0 bridgehead atoms. The van der Waals surface area contributed by atoms with Crippen LogP contribution in [0.1, 0.15) is 28.7 Å². The standard InChI is InChI=1S/C13H9F6N3O2/c1-2-24-11(23)9-10(13(17,18)19)22(21-20-9)8-5-3-7(4-6-8)12(14,15)16/h3-6H,2H2,1H3. The third kappa shape index (κ3) is 3.49. The third-order valence-electron chi connectivity index (χ3n) is 2.85. The Labute approximate surface area is 130 Å². The number of nitrogens with zero attached hydrogens (tertiary/aromatic N) is 3. The average Bonchev–Trinajstić information content (AvgIpc) is 2.92. The highest BCUT2D eigenvalue weighted by Crippen LogP contribution is 2.34. The first kappa shape index (κ1) is 17.8. The van der Waals surface area contributed by atoms with E-state index in [0.29, 0.717) is 12.1 Å². The number of ether oxygens (including phenoxy) is 1. The Hall–Kier alpha value is -2.59. The molecule has 2 rings (SSSR count). The van der Waals surface area contributed by atoms with Crippen molar-refractivity contribution in [1.29, 1.82) is 0 Å². The first-order valence-electron chi connectivity index (χ1n) is 6.43. The van der Waals surface area contributed by atoms with Gasteiger partial charge in [-0.05, 0) is 31.2 Å². The van der Waals surface area contributed by atoms with Gasteiger partial charge in [0.15, 0.2) is 5.69 Å². The summed E-state index contributed by atoms with van der Waals surface area (Å²) in [5.41, 5.74) is -3.96. The number of rotatable bonds is 3. The number of halogens is 6. The molecule has 0 spiro atoms. The minimum Gasteiger partial charge on any atom is -0.461 e. The number of carbonyl (C=O) groups is 1. The van der Waals surface area contributed by atoms with Gasteiger partial charge in [0.25, 0.3) is 0 Å². The summed E-state index contributed by atoms with van der Waals surface area (Å²) in [6, 6.07) is 2.78. The quantitative estimate of drug-likeness (QED) is 0.626. The zero-order chi connectivity index (χ0) is 18.1. The SMILES string of the molecule is CCOC(=O)c1nnn(-c2ccc(C(F)(F)F)cc2)c1C(F)(F)F. The van der Waals surface area contributed by atoms with Gasteiger partial charge in [-0.2, -0.15) is 26.3 Å². The summed E-state index contributed by atoms with van der Waals surface area (Å²) in [7, 11) is 0. The van der Waals surface area contributed by atoms with Crippen LogP contribution in [0.25, 0.3) is 5.69 Å². The lowest BCUT2D eigenvalue weighted by molar-refractivity contribution is -0.143. The average molecular weight is 353 g/mol. The van der Waals surface area contributed by atoms with Gasteiger partial charge in [-0.1, -0.05) is 5.21 Å². The maximum Gasteiger partial charge on any atom is 0.436 e. The summed E-state index contributed by atoms with van der Waals surface area (Å²) in [5, 5.41) is 6.36. The van der Waals surface area contributed by atoms with Crippen molar-refractivity contribution in [3.8, 4) is 5.69 Å². The van der Waals surface area contributed by atoms with E-state index in [1.807, 2.05) is 0 Å². The van der Waals surface area contributed by atoms with E-state index in [0.717, 1.165) is 12.1 Å². The highest BCUT2D eigenvalue weighted by molar-refractivity contribution is 5.88. The number of carbonyl (C=O) groups excluding carboxylic acids is 1. The first-order valence-corrected chi connectivity index (χ1v) is 6.43. The van der Waals surface area contributed by atoms with Gasteiger partial charge in [0.2, 0.25) is 5.69 Å². The molecule has 0 radical (unpaired) electrons. The molecule has 0 aliphatic rings. The number of hydrogen-bond acceptors (Lipinski definition) is 4. The van der Waals surface area contributed by atoms with Crippen molar-refractivity contribution in [2.45, 2.75) is 19.3 Å². The summed E-state index contributed by atoms with van der Waals surface area (Å²) in [6.07, 6.45) is -9.65. The number of hydrogen-bond donors (Lipinski definition) is 0. The van der Waals surface area contributed by atoms with E-state index in [4.69, 9.17) is 0 Å². The summed E-state index contributed by atoms with van der Waals surface area (Å²) in [6.45, 7) is 1.22. The van der Waals surface area contributed by atoms with E-state index in [2.05, 4.69) is 15.0 Å². The fourth-order valence-corrected chi connectivity index (χ4v) is 1.85. The molecule has 1 aromatic carbocycles. The van der Waals surface area contributed by atoms with Crippen molar-refractivity contribution in [2.24, 2.45) is 0 Å². The van der Waals surface area contributed by atoms with Crippen molar-refractivity contribution < 1.29 is 35.9 Å². The molecular weight excluding hydrogens is 344 g/mol. The molecular formula is C13H9F6N3O2. The predicted molar refractivity (Wildman–Crippen MR) is 67.3 cm³/mol. The van der Waals surface area contributed by atoms with Crippen LogP contribution in [0.5, 0.6) is 0 Å². The van der Waals surface area contributed by atoms with Crippen molar-refractivity contribution in [3.63, 3.8) is 0 Å². The normalized spacial score (nSPS) is 12.3. The molecule has 24 heavy (non-hydrogen) atoms. The van der Waals surface area contributed by atoms with Crippen molar-refractivity contribution in [3.05, 3.63) is 41.2 Å². The molecule has 1 heterocycles. The largest absolute Gasteiger partial charge is 0.461 e. The minimum atomic E-state index is -5.02. The Morgan fingerprint density at radius 2 is 1.67 bits per heavy atom. The zero-order valence-electron chi connectivity index (χ0n) is 11.9. The Balaban J connectivity index is 2.53. The number of aromatic nitrogens is 3. The summed E-state index contributed by atoms with van der Waals surface area (Å²) in [5.74, 6) is -1.33. The van der Waals surface area contributed by atoms with Crippen LogP contribution in [-0.2, 0) is 17.1 Å². The van der Waals surface area contributed by atoms with Crippen LogP contribution in [0, 0.1) is 0 Å². The Kier molecular flexibility index (Phi) is 4.54. The number of esters is 1. The maximum atomic E-state index is 13.2. The fraction of sp³-hybridized carbons (Fsp3) is 0.308. The molecule has 0 saturated heterocycles. The Bertz CT molecular complexity index is 734. The molecule has 1 aromatic heterocycles. The van der Waals surface area contributed by atoms with Crippen LogP contribution in [0.3, 0.4) is 0 Å². The smallest absolute Gasteiger partial charge is 0.436 e. The van der Waals surface area contributed by atoms with Gasteiger partial charge >= 0.3 is 18.3 Å². The summed E-state index contributed by atoms with van der Waals surface area (Å²) < 4.78 is 81.9. The van der Waals surface area contributed by atoms with Crippen LogP contribution in [0.2, 0.25) is 0 Å². The lowest BCUT2D eigenvalue weighted by atomic mass is 10.2. The summed E-state index contributed by atoms with van der Waals surface area (Å²) >= 11 is 0. The van der Waals surface area contributed by atoms with Crippen LogP contribution < -0.4 is 0 Å². The maximum absolute atomic E-state index is 13.2. The van der Waals surface area contributed by atoms with Crippen molar-refractivity contribution in [1.82, 2.24) is 15.0 Å². The highest BCUT2D eigenvalue weighted by atomic mass is 19.4. The van der Waals surface area contributed by atoms with Crippen molar-refractivity contribution >= 4 is 5.97 Å². The van der Waals surface area contributed by atoms with Crippen LogP contribution in [0.15, 0.2) is 24.3 Å². The molecule has 0 unspecified atom stereocenters. The molecule has 0 fully saturated rings. The minimum absolute atomic E-state index is 0.177. The highest BCUT2D eigenvalue weighted by Gasteiger charge is 2.42. The molecule has 11 heteroatoms. The Morgan fingerprint density at radius 1 is 1.08 bits per heavy atom. The molecule has 0 aliphatic carbocycles. The van der Waals surface area contributed by atoms with Gasteiger partial charge in [-0.15, -0.1) is 5.10 Å². The van der Waals surface area contributed by atoms with E-state index in [1.54, 1.807) is 0 Å². The molecule has 0 amide bonds. The van der Waals surface area contributed by atoms with Crippen LogP contribution in [-0.4, -0.2) is 27.6 Å². The second kappa shape index (κ2) is 6.13. The topological polar surface area (TPSA) is 57.0 Å². The molecule has 0 atom stereocenters. The molecule has 2 aromatic rings. The van der Waals surface area contributed by atoms with E-state index in [9.17, 15) is 31.1 Å². The van der Waals surface area contributed by atoms with Crippen LogP contribution >= 0.6 is 0 Å². The van der Waals surface area contributed by atoms with Gasteiger partial charge in [0.05, 0.1) is 17.9 Å². The van der Waals surface area contributed by atoms with Gasteiger partial charge in [0.1, 0.15) is 0 Å². The fourth-order valence-electron chi connectivity index (χ4n) is 1.85. The molecule has 0 aliphatic heterocycles. The van der Waals surface area contributed by atoms with Gasteiger partial charge in [-0.25, -0.2) is 9.48 Å². The van der Waals surface area contributed by atoms with Gasteiger partial charge in [0, 0.05) is 0 Å². The second-order valence-corrected chi connectivity index (χ2v) is 4.46. The summed E-state index contributed by atoms with van der Waals surface area (Å²) in [4.78, 5) is 11.6. The molecule has 0 N–H and O–H groups in total. The molecule has 0 saturated carbocycles. The number of benzene rings is 1. The zero-order valence-corrected chi connectivity index (χ0v) is 11.9. The second-order valence-electron chi connectivity index (χ2n) is 4.46. The van der Waals surface area contributed by atoms with E-state index < -0.39 is 35.3 Å². The first-order chi connectivity index (χ1) is 11.1. The van der Waals surface area contributed by atoms with E-state index in [1.165, 1.54) is 6.92 Å². The van der Waals surface area contributed by atoms with Crippen molar-refractivity contribution in [2.75, 3.05) is 6.61 Å². The molecule has 5 nitrogen and oxygen atoms in total. The Morgan fingerprint density at radius 3 is 2.12 bits per heavy atom. The van der Waals surface area contributed by atoms with Gasteiger partial charge in [-0.3, -0.25) is 0 Å². The van der Waals surface area contributed by atoms with E-state index >= 15 is 0 Å². The van der Waals surface area contributed by atoms with Crippen LogP contribution in [0.4, 0.5) is 26.3 Å². The molecule has 130 valence electrons. The predicted octanol–water partition coefficient (Wildman–Crippen LogP) is 3.48.